The Labute approximate surface area is 172 Å². The Hall–Kier alpha value is -3.95. The lowest BCUT2D eigenvalue weighted by Crippen LogP contribution is -2.37. The van der Waals surface area contributed by atoms with E-state index in [-0.39, 0.29) is 23.5 Å². The van der Waals surface area contributed by atoms with E-state index in [1.165, 1.54) is 7.05 Å². The predicted molar refractivity (Wildman–Crippen MR) is 110 cm³/mol. The number of nitrogen functional groups attached to an aromatic ring is 1. The molecule has 2 aromatic rings. The molecule has 3 N–H and O–H groups in total. The lowest BCUT2D eigenvalue weighted by Gasteiger charge is -2.17. The summed E-state index contributed by atoms with van der Waals surface area (Å²) < 4.78 is 4.92. The SMILES string of the molecule is CCc1ccccc1NC(=O)CN(C)C(=O)COC(=O)c1ccc([N+](=O)[O-])cc1N. The maximum atomic E-state index is 12.2. The summed E-state index contributed by atoms with van der Waals surface area (Å²) in [5, 5.41) is 13.5. The summed E-state index contributed by atoms with van der Waals surface area (Å²) in [4.78, 5) is 47.6. The Morgan fingerprint density at radius 3 is 2.53 bits per heavy atom. The minimum Gasteiger partial charge on any atom is -0.452 e. The average molecular weight is 414 g/mol. The van der Waals surface area contributed by atoms with Crippen molar-refractivity contribution >= 4 is 34.8 Å². The van der Waals surface area contributed by atoms with Gasteiger partial charge in [-0.05, 0) is 24.1 Å². The highest BCUT2D eigenvalue weighted by Crippen LogP contribution is 2.20. The summed E-state index contributed by atoms with van der Waals surface area (Å²) in [5.41, 5.74) is 6.78. The fraction of sp³-hybridized carbons (Fsp3) is 0.250. The molecule has 2 rings (SSSR count). The number of para-hydroxylation sites is 1. The number of ether oxygens (including phenoxy) is 1. The summed E-state index contributed by atoms with van der Waals surface area (Å²) in [6, 6.07) is 10.6. The van der Waals surface area contributed by atoms with E-state index in [1.54, 1.807) is 12.1 Å². The maximum absolute atomic E-state index is 12.2. The van der Waals surface area contributed by atoms with Gasteiger partial charge in [-0.2, -0.15) is 0 Å². The van der Waals surface area contributed by atoms with E-state index >= 15 is 0 Å². The molecule has 0 saturated carbocycles. The van der Waals surface area contributed by atoms with Crippen LogP contribution in [0, 0.1) is 10.1 Å². The number of hydrogen-bond donors (Lipinski definition) is 2. The van der Waals surface area contributed by atoms with Crippen LogP contribution in [-0.4, -0.2) is 47.8 Å². The predicted octanol–water partition coefficient (Wildman–Crippen LogP) is 1.99. The van der Waals surface area contributed by atoms with Crippen molar-refractivity contribution in [2.45, 2.75) is 13.3 Å². The third-order valence-corrected chi connectivity index (χ3v) is 4.27. The van der Waals surface area contributed by atoms with Crippen molar-refractivity contribution in [3.8, 4) is 0 Å². The van der Waals surface area contributed by atoms with Crippen LogP contribution >= 0.6 is 0 Å². The standard InChI is InChI=1S/C20H22N4O6/c1-3-13-6-4-5-7-17(13)22-18(25)11-23(2)19(26)12-30-20(27)15-9-8-14(24(28)29)10-16(15)21/h4-10H,3,11-12,21H2,1-2H3,(H,22,25). The first-order valence-corrected chi connectivity index (χ1v) is 9.05. The topological polar surface area (TPSA) is 145 Å². The van der Waals surface area contributed by atoms with E-state index in [0.29, 0.717) is 5.69 Å². The third-order valence-electron chi connectivity index (χ3n) is 4.27. The number of benzene rings is 2. The molecule has 0 atom stereocenters. The van der Waals surface area contributed by atoms with Crippen molar-refractivity contribution in [1.29, 1.82) is 0 Å². The second-order valence-corrected chi connectivity index (χ2v) is 6.41. The van der Waals surface area contributed by atoms with Gasteiger partial charge in [-0.3, -0.25) is 19.7 Å². The first-order chi connectivity index (χ1) is 14.2. The Morgan fingerprint density at radius 2 is 1.90 bits per heavy atom. The third kappa shape index (κ3) is 5.77. The lowest BCUT2D eigenvalue weighted by atomic mass is 10.1. The van der Waals surface area contributed by atoms with Gasteiger partial charge < -0.3 is 20.7 Å². The van der Waals surface area contributed by atoms with Crippen molar-refractivity contribution in [3.63, 3.8) is 0 Å². The number of nitrogens with zero attached hydrogens (tertiary/aromatic N) is 2. The van der Waals surface area contributed by atoms with Gasteiger partial charge in [-0.25, -0.2) is 4.79 Å². The van der Waals surface area contributed by atoms with Crippen molar-refractivity contribution in [2.24, 2.45) is 0 Å². The molecule has 0 aliphatic rings. The first-order valence-electron chi connectivity index (χ1n) is 9.05. The molecule has 0 aliphatic carbocycles. The minimum absolute atomic E-state index is 0.0926. The molecule has 0 unspecified atom stereocenters. The fourth-order valence-electron chi connectivity index (χ4n) is 2.61. The molecule has 158 valence electrons. The zero-order valence-corrected chi connectivity index (χ0v) is 16.6. The molecule has 10 heteroatoms. The van der Waals surface area contributed by atoms with Gasteiger partial charge in [0.1, 0.15) is 0 Å². The average Bonchev–Trinajstić information content (AvgIpc) is 2.71. The van der Waals surface area contributed by atoms with Gasteiger partial charge in [0.05, 0.1) is 22.7 Å². The second kappa shape index (κ2) is 10.0. The van der Waals surface area contributed by atoms with Gasteiger partial charge in [-0.15, -0.1) is 0 Å². The van der Waals surface area contributed by atoms with Crippen molar-refractivity contribution in [1.82, 2.24) is 4.90 Å². The molecular weight excluding hydrogens is 392 g/mol. The monoisotopic (exact) mass is 414 g/mol. The molecule has 30 heavy (non-hydrogen) atoms. The van der Waals surface area contributed by atoms with Gasteiger partial charge in [0.15, 0.2) is 6.61 Å². The van der Waals surface area contributed by atoms with Crippen LogP contribution in [0.3, 0.4) is 0 Å². The Bertz CT molecular complexity index is 976. The maximum Gasteiger partial charge on any atom is 0.340 e. The normalized spacial score (nSPS) is 10.2. The summed E-state index contributed by atoms with van der Waals surface area (Å²) in [5.74, 6) is -1.88. The summed E-state index contributed by atoms with van der Waals surface area (Å²) >= 11 is 0. The van der Waals surface area contributed by atoms with Crippen LogP contribution in [0.15, 0.2) is 42.5 Å². The molecule has 0 spiro atoms. The van der Waals surface area contributed by atoms with E-state index in [9.17, 15) is 24.5 Å². The van der Waals surface area contributed by atoms with Crippen molar-refractivity contribution < 1.29 is 24.0 Å². The molecule has 2 aromatic carbocycles. The molecule has 10 nitrogen and oxygen atoms in total. The van der Waals surface area contributed by atoms with Gasteiger partial charge in [0.25, 0.3) is 11.6 Å². The Balaban J connectivity index is 1.89. The molecule has 0 aromatic heterocycles. The highest BCUT2D eigenvalue weighted by Gasteiger charge is 2.19. The number of carbonyl (C=O) groups is 3. The fourth-order valence-corrected chi connectivity index (χ4v) is 2.61. The first kappa shape index (κ1) is 22.3. The number of anilines is 2. The van der Waals surface area contributed by atoms with Gasteiger partial charge in [0, 0.05) is 24.9 Å². The number of amides is 2. The van der Waals surface area contributed by atoms with Gasteiger partial charge in [-0.1, -0.05) is 25.1 Å². The quantitative estimate of drug-likeness (QED) is 0.291. The number of hydrogen-bond acceptors (Lipinski definition) is 7. The van der Waals surface area contributed by atoms with E-state index in [0.717, 1.165) is 35.1 Å². The van der Waals surface area contributed by atoms with Gasteiger partial charge >= 0.3 is 5.97 Å². The van der Waals surface area contributed by atoms with Crippen LogP contribution in [-0.2, 0) is 20.7 Å². The van der Waals surface area contributed by atoms with Crippen molar-refractivity contribution in [2.75, 3.05) is 31.2 Å². The molecule has 2 amide bonds. The highest BCUT2D eigenvalue weighted by atomic mass is 16.6. The van der Waals surface area contributed by atoms with Crippen LogP contribution in [0.1, 0.15) is 22.8 Å². The number of nitro groups is 1. The Morgan fingerprint density at radius 1 is 1.20 bits per heavy atom. The second-order valence-electron chi connectivity index (χ2n) is 6.41. The number of carbonyl (C=O) groups excluding carboxylic acids is 3. The van der Waals surface area contributed by atoms with Gasteiger partial charge in [0.2, 0.25) is 5.91 Å². The van der Waals surface area contributed by atoms with Crippen molar-refractivity contribution in [3.05, 3.63) is 63.7 Å². The van der Waals surface area contributed by atoms with Crippen LogP contribution in [0.2, 0.25) is 0 Å². The van der Waals surface area contributed by atoms with E-state index < -0.39 is 29.3 Å². The largest absolute Gasteiger partial charge is 0.452 e. The number of nitrogens with two attached hydrogens (primary N) is 1. The number of nitro benzene ring substituents is 1. The van der Waals surface area contributed by atoms with E-state index in [4.69, 9.17) is 10.5 Å². The number of esters is 1. The minimum atomic E-state index is -0.898. The van der Waals surface area contributed by atoms with Crippen LogP contribution in [0.5, 0.6) is 0 Å². The smallest absolute Gasteiger partial charge is 0.340 e. The molecular formula is C20H22N4O6. The molecule has 0 radical (unpaired) electrons. The van der Waals surface area contributed by atoms with E-state index in [1.807, 2.05) is 19.1 Å². The Kier molecular flexibility index (Phi) is 7.45. The molecule has 0 bridgehead atoms. The van der Waals surface area contributed by atoms with Crippen LogP contribution < -0.4 is 11.1 Å². The zero-order chi connectivity index (χ0) is 22.3. The summed E-state index contributed by atoms with van der Waals surface area (Å²) in [6.07, 6.45) is 0.743. The number of aryl methyl sites for hydroxylation is 1. The molecule has 0 aliphatic heterocycles. The van der Waals surface area contributed by atoms with E-state index in [2.05, 4.69) is 5.32 Å². The lowest BCUT2D eigenvalue weighted by molar-refractivity contribution is -0.384. The summed E-state index contributed by atoms with van der Waals surface area (Å²) in [6.45, 7) is 1.13. The molecule has 0 saturated heterocycles. The zero-order valence-electron chi connectivity index (χ0n) is 16.6. The molecule has 0 heterocycles. The van der Waals surface area contributed by atoms with Crippen LogP contribution in [0.4, 0.5) is 17.1 Å². The summed E-state index contributed by atoms with van der Waals surface area (Å²) in [7, 11) is 1.40. The number of nitrogens with one attached hydrogen (secondary N) is 1. The number of non-ortho nitro benzene ring substituents is 1. The highest BCUT2D eigenvalue weighted by molar-refractivity contribution is 5.98. The number of likely N-dealkylation sites (N-methyl/N-ethyl adjacent to an activating group) is 1. The number of rotatable bonds is 8. The molecule has 0 fully saturated rings. The van der Waals surface area contributed by atoms with Crippen LogP contribution in [0.25, 0.3) is 0 Å².